The van der Waals surface area contributed by atoms with Gasteiger partial charge in [0.05, 0.1) is 29.9 Å². The van der Waals surface area contributed by atoms with Crippen molar-refractivity contribution in [1.82, 2.24) is 19.6 Å². The predicted molar refractivity (Wildman–Crippen MR) is 109 cm³/mol. The fraction of sp³-hybridized carbons (Fsp3) is 0.350. The molecule has 1 aliphatic rings. The van der Waals surface area contributed by atoms with Crippen LogP contribution in [0, 0.1) is 5.92 Å². The first kappa shape index (κ1) is 18.7. The molecule has 146 valence electrons. The Morgan fingerprint density at radius 1 is 1.29 bits per heavy atom. The summed E-state index contributed by atoms with van der Waals surface area (Å²) in [5, 5.41) is 12.0. The van der Waals surface area contributed by atoms with Crippen molar-refractivity contribution in [1.29, 1.82) is 0 Å². The maximum atomic E-state index is 12.7. The molecule has 0 aliphatic carbocycles. The van der Waals surface area contributed by atoms with Gasteiger partial charge in [0.25, 0.3) is 5.56 Å². The van der Waals surface area contributed by atoms with Crippen molar-refractivity contribution in [2.45, 2.75) is 12.8 Å². The summed E-state index contributed by atoms with van der Waals surface area (Å²) < 4.78 is 8.54. The molecule has 1 fully saturated rings. The lowest BCUT2D eigenvalue weighted by molar-refractivity contribution is 0.0595. The lowest BCUT2D eigenvalue weighted by Crippen LogP contribution is -2.26. The van der Waals surface area contributed by atoms with Crippen molar-refractivity contribution in [3.63, 3.8) is 0 Å². The van der Waals surface area contributed by atoms with E-state index in [1.165, 1.54) is 4.68 Å². The molecule has 3 aromatic rings. The van der Waals surface area contributed by atoms with Crippen LogP contribution in [0.5, 0.6) is 0 Å². The van der Waals surface area contributed by atoms with E-state index in [0.717, 1.165) is 37.3 Å². The summed E-state index contributed by atoms with van der Waals surface area (Å²) in [5.41, 5.74) is 2.70. The van der Waals surface area contributed by atoms with Crippen molar-refractivity contribution < 1.29 is 4.74 Å². The minimum atomic E-state index is -0.350. The molecule has 4 rings (SSSR count). The standard InChI is InChI=1S/C20H22ClN5O2/c1-25-9-8-17(24-25)15-4-6-16(7-5-15)26-20(27)19(21)18(12-23-26)22-11-14-3-2-10-28-13-14/h4-9,12,14,22H,2-3,10-11,13H2,1H3/t14-/m0/s1. The van der Waals surface area contributed by atoms with E-state index in [2.05, 4.69) is 15.5 Å². The molecule has 1 aliphatic heterocycles. The highest BCUT2D eigenvalue weighted by molar-refractivity contribution is 6.32. The van der Waals surface area contributed by atoms with Gasteiger partial charge in [-0.25, -0.2) is 0 Å². The smallest absolute Gasteiger partial charge is 0.292 e. The van der Waals surface area contributed by atoms with Crippen LogP contribution >= 0.6 is 11.6 Å². The topological polar surface area (TPSA) is 74.0 Å². The molecular weight excluding hydrogens is 378 g/mol. The van der Waals surface area contributed by atoms with Crippen LogP contribution in [-0.4, -0.2) is 39.3 Å². The van der Waals surface area contributed by atoms with E-state index in [0.29, 0.717) is 23.8 Å². The number of halogens is 1. The molecule has 0 bridgehead atoms. The Morgan fingerprint density at radius 3 is 2.79 bits per heavy atom. The largest absolute Gasteiger partial charge is 0.382 e. The maximum absolute atomic E-state index is 12.7. The SMILES string of the molecule is Cn1ccc(-c2ccc(-n3ncc(NC[C@@H]4CCCOC4)c(Cl)c3=O)cc2)n1. The molecule has 0 unspecified atom stereocenters. The number of ether oxygens (including phenoxy) is 1. The van der Waals surface area contributed by atoms with Gasteiger partial charge in [0.1, 0.15) is 5.02 Å². The zero-order chi connectivity index (χ0) is 19.5. The molecule has 0 radical (unpaired) electrons. The van der Waals surface area contributed by atoms with Gasteiger partial charge in [0.15, 0.2) is 0 Å². The third kappa shape index (κ3) is 3.95. The molecule has 2 aromatic heterocycles. The first-order valence-corrected chi connectivity index (χ1v) is 9.69. The molecule has 8 heteroatoms. The number of benzene rings is 1. The molecule has 0 saturated carbocycles. The van der Waals surface area contributed by atoms with Gasteiger partial charge >= 0.3 is 0 Å². The molecule has 7 nitrogen and oxygen atoms in total. The van der Waals surface area contributed by atoms with E-state index in [1.807, 2.05) is 43.6 Å². The summed E-state index contributed by atoms with van der Waals surface area (Å²) in [7, 11) is 1.88. The highest BCUT2D eigenvalue weighted by Crippen LogP contribution is 2.21. The van der Waals surface area contributed by atoms with E-state index in [4.69, 9.17) is 16.3 Å². The normalized spacial score (nSPS) is 16.9. The van der Waals surface area contributed by atoms with Crippen molar-refractivity contribution >= 4 is 17.3 Å². The van der Waals surface area contributed by atoms with Gasteiger partial charge in [-0.05, 0) is 37.0 Å². The minimum Gasteiger partial charge on any atom is -0.382 e. The molecule has 1 aromatic carbocycles. The number of anilines is 1. The van der Waals surface area contributed by atoms with E-state index in [1.54, 1.807) is 10.9 Å². The van der Waals surface area contributed by atoms with Crippen molar-refractivity contribution in [2.75, 3.05) is 25.1 Å². The van der Waals surface area contributed by atoms with Gasteiger partial charge in [-0.15, -0.1) is 0 Å². The summed E-state index contributed by atoms with van der Waals surface area (Å²) in [6.45, 7) is 2.27. The van der Waals surface area contributed by atoms with E-state index >= 15 is 0 Å². The number of rotatable bonds is 5. The Morgan fingerprint density at radius 2 is 2.11 bits per heavy atom. The Labute approximate surface area is 167 Å². The second-order valence-electron chi connectivity index (χ2n) is 6.97. The fourth-order valence-electron chi connectivity index (χ4n) is 3.31. The molecule has 0 spiro atoms. The molecule has 1 atom stereocenters. The summed E-state index contributed by atoms with van der Waals surface area (Å²) in [4.78, 5) is 12.7. The third-order valence-electron chi connectivity index (χ3n) is 4.88. The lowest BCUT2D eigenvalue weighted by atomic mass is 10.0. The molecule has 1 N–H and O–H groups in total. The van der Waals surface area contributed by atoms with Crippen molar-refractivity contribution in [2.24, 2.45) is 13.0 Å². The highest BCUT2D eigenvalue weighted by Gasteiger charge is 2.16. The average molecular weight is 400 g/mol. The maximum Gasteiger partial charge on any atom is 0.292 e. The van der Waals surface area contributed by atoms with Crippen molar-refractivity contribution in [3.8, 4) is 16.9 Å². The van der Waals surface area contributed by atoms with Crippen LogP contribution in [0.2, 0.25) is 5.02 Å². The number of aryl methyl sites for hydroxylation is 1. The van der Waals surface area contributed by atoms with Gasteiger partial charge in [-0.2, -0.15) is 14.9 Å². The van der Waals surface area contributed by atoms with Gasteiger partial charge < -0.3 is 10.1 Å². The first-order valence-electron chi connectivity index (χ1n) is 9.32. The highest BCUT2D eigenvalue weighted by atomic mass is 35.5. The molecular formula is C20H22ClN5O2. The summed E-state index contributed by atoms with van der Waals surface area (Å²) >= 11 is 6.32. The molecule has 1 saturated heterocycles. The molecule has 3 heterocycles. The fourth-order valence-corrected chi connectivity index (χ4v) is 3.50. The number of hydrogen-bond acceptors (Lipinski definition) is 5. The number of nitrogens with one attached hydrogen (secondary N) is 1. The van der Waals surface area contributed by atoms with Crippen LogP contribution in [0.4, 0.5) is 5.69 Å². The quantitative estimate of drug-likeness (QED) is 0.713. The number of hydrogen-bond donors (Lipinski definition) is 1. The van der Waals surface area contributed by atoms with E-state index < -0.39 is 0 Å². The van der Waals surface area contributed by atoms with Gasteiger partial charge in [0.2, 0.25) is 0 Å². The van der Waals surface area contributed by atoms with Gasteiger partial charge in [-0.1, -0.05) is 23.7 Å². The average Bonchev–Trinajstić information content (AvgIpc) is 3.16. The second-order valence-corrected chi connectivity index (χ2v) is 7.35. The molecule has 0 amide bonds. The third-order valence-corrected chi connectivity index (χ3v) is 5.24. The van der Waals surface area contributed by atoms with Crippen LogP contribution < -0.4 is 10.9 Å². The zero-order valence-electron chi connectivity index (χ0n) is 15.6. The van der Waals surface area contributed by atoms with Crippen LogP contribution in [-0.2, 0) is 11.8 Å². The number of nitrogens with zero attached hydrogens (tertiary/aromatic N) is 4. The summed E-state index contributed by atoms with van der Waals surface area (Å²) in [5.74, 6) is 0.423. The van der Waals surface area contributed by atoms with Crippen LogP contribution in [0.3, 0.4) is 0 Å². The first-order chi connectivity index (χ1) is 13.6. The summed E-state index contributed by atoms with van der Waals surface area (Å²) in [6, 6.07) is 9.43. The monoisotopic (exact) mass is 399 g/mol. The molecule has 28 heavy (non-hydrogen) atoms. The predicted octanol–water partition coefficient (Wildman–Crippen LogP) is 3.12. The summed E-state index contributed by atoms with van der Waals surface area (Å²) in [6.07, 6.45) is 5.66. The second kappa shape index (κ2) is 8.16. The van der Waals surface area contributed by atoms with E-state index in [9.17, 15) is 4.79 Å². The Hall–Kier alpha value is -2.64. The minimum absolute atomic E-state index is 0.139. The van der Waals surface area contributed by atoms with Gasteiger partial charge in [-0.3, -0.25) is 9.48 Å². The Kier molecular flexibility index (Phi) is 5.45. The Balaban J connectivity index is 1.52. The van der Waals surface area contributed by atoms with Crippen LogP contribution in [0.1, 0.15) is 12.8 Å². The lowest BCUT2D eigenvalue weighted by Gasteiger charge is -2.22. The van der Waals surface area contributed by atoms with Crippen LogP contribution in [0.25, 0.3) is 16.9 Å². The zero-order valence-corrected chi connectivity index (χ0v) is 16.4. The Bertz CT molecular complexity index is 1010. The van der Waals surface area contributed by atoms with E-state index in [-0.39, 0.29) is 10.6 Å². The van der Waals surface area contributed by atoms with Gasteiger partial charge in [0, 0.05) is 32.0 Å². The van der Waals surface area contributed by atoms with Crippen molar-refractivity contribution in [3.05, 3.63) is 58.1 Å². The van der Waals surface area contributed by atoms with Crippen LogP contribution in [0.15, 0.2) is 47.5 Å². The number of aromatic nitrogens is 4.